The standard InChI is InChI=1S/C20H15F3N2O3S/c1-29(27,28)17-3-2-12-24-18(17)13-4-6-14(7-5-13)19(26)25-16-10-8-15(9-11-16)20(21,22)23/h2-12H,1H3,(H,25,26). The van der Waals surface area contributed by atoms with Gasteiger partial charge in [0.2, 0.25) is 0 Å². The smallest absolute Gasteiger partial charge is 0.322 e. The van der Waals surface area contributed by atoms with Crippen LogP contribution in [0.1, 0.15) is 15.9 Å². The summed E-state index contributed by atoms with van der Waals surface area (Å²) < 4.78 is 61.6. The van der Waals surface area contributed by atoms with Crippen molar-refractivity contribution in [2.75, 3.05) is 11.6 Å². The SMILES string of the molecule is CS(=O)(=O)c1cccnc1-c1ccc(C(=O)Nc2ccc(C(F)(F)F)cc2)cc1. The zero-order chi connectivity index (χ0) is 21.2. The van der Waals surface area contributed by atoms with Gasteiger partial charge in [-0.3, -0.25) is 9.78 Å². The van der Waals surface area contributed by atoms with Crippen LogP contribution in [0, 0.1) is 0 Å². The van der Waals surface area contributed by atoms with Gasteiger partial charge in [0.25, 0.3) is 5.91 Å². The number of amides is 1. The van der Waals surface area contributed by atoms with Crippen molar-refractivity contribution < 1.29 is 26.4 Å². The Labute approximate surface area is 165 Å². The summed E-state index contributed by atoms with van der Waals surface area (Å²) in [6.07, 6.45) is -1.90. The molecular formula is C20H15F3N2O3S. The second-order valence-electron chi connectivity index (χ2n) is 6.23. The molecule has 0 atom stereocenters. The fraction of sp³-hybridized carbons (Fsp3) is 0.100. The van der Waals surface area contributed by atoms with Crippen LogP contribution in [0.2, 0.25) is 0 Å². The Bertz CT molecular complexity index is 1140. The summed E-state index contributed by atoms with van der Waals surface area (Å²) in [6.45, 7) is 0. The van der Waals surface area contributed by atoms with Gasteiger partial charge in [0.1, 0.15) is 0 Å². The molecule has 0 radical (unpaired) electrons. The van der Waals surface area contributed by atoms with Crippen LogP contribution in [0.4, 0.5) is 18.9 Å². The van der Waals surface area contributed by atoms with Crippen LogP contribution in [-0.2, 0) is 16.0 Å². The van der Waals surface area contributed by atoms with Crippen molar-refractivity contribution in [3.8, 4) is 11.3 Å². The van der Waals surface area contributed by atoms with Crippen molar-refractivity contribution in [3.63, 3.8) is 0 Å². The van der Waals surface area contributed by atoms with E-state index < -0.39 is 27.5 Å². The molecule has 0 saturated heterocycles. The molecule has 9 heteroatoms. The summed E-state index contributed by atoms with van der Waals surface area (Å²) >= 11 is 0. The van der Waals surface area contributed by atoms with E-state index in [9.17, 15) is 26.4 Å². The van der Waals surface area contributed by atoms with Crippen LogP contribution >= 0.6 is 0 Å². The molecular weight excluding hydrogens is 405 g/mol. The monoisotopic (exact) mass is 420 g/mol. The number of anilines is 1. The second-order valence-corrected chi connectivity index (χ2v) is 8.21. The molecule has 2 aromatic carbocycles. The van der Waals surface area contributed by atoms with E-state index >= 15 is 0 Å². The van der Waals surface area contributed by atoms with Crippen molar-refractivity contribution in [2.24, 2.45) is 0 Å². The number of pyridine rings is 1. The minimum Gasteiger partial charge on any atom is -0.322 e. The highest BCUT2D eigenvalue weighted by atomic mass is 32.2. The summed E-state index contributed by atoms with van der Waals surface area (Å²) in [5.41, 5.74) is 0.445. The average molecular weight is 420 g/mol. The minimum atomic E-state index is -4.45. The second kappa shape index (κ2) is 7.67. The number of aromatic nitrogens is 1. The molecule has 150 valence electrons. The van der Waals surface area contributed by atoms with Crippen LogP contribution in [-0.4, -0.2) is 25.6 Å². The quantitative estimate of drug-likeness (QED) is 0.678. The normalized spacial score (nSPS) is 11.9. The highest BCUT2D eigenvalue weighted by Gasteiger charge is 2.30. The van der Waals surface area contributed by atoms with Gasteiger partial charge in [0, 0.05) is 29.3 Å². The summed E-state index contributed by atoms with van der Waals surface area (Å²) in [6, 6.07) is 13.1. The first kappa shape index (κ1) is 20.5. The first-order chi connectivity index (χ1) is 13.6. The predicted octanol–water partition coefficient (Wildman–Crippen LogP) is 4.42. The molecule has 0 fully saturated rings. The number of alkyl halides is 3. The third kappa shape index (κ3) is 4.80. The van der Waals surface area contributed by atoms with Crippen molar-refractivity contribution >= 4 is 21.4 Å². The van der Waals surface area contributed by atoms with Gasteiger partial charge in [-0.1, -0.05) is 12.1 Å². The predicted molar refractivity (Wildman–Crippen MR) is 102 cm³/mol. The number of sulfone groups is 1. The van der Waals surface area contributed by atoms with Crippen molar-refractivity contribution in [2.45, 2.75) is 11.1 Å². The van der Waals surface area contributed by atoms with Gasteiger partial charge in [-0.05, 0) is 48.5 Å². The lowest BCUT2D eigenvalue weighted by atomic mass is 10.1. The molecule has 1 N–H and O–H groups in total. The van der Waals surface area contributed by atoms with Crippen molar-refractivity contribution in [3.05, 3.63) is 78.0 Å². The van der Waals surface area contributed by atoms with Gasteiger partial charge in [0.15, 0.2) is 9.84 Å². The molecule has 1 heterocycles. The lowest BCUT2D eigenvalue weighted by Crippen LogP contribution is -2.12. The fourth-order valence-corrected chi connectivity index (χ4v) is 3.48. The third-order valence-electron chi connectivity index (χ3n) is 4.06. The fourth-order valence-electron chi connectivity index (χ4n) is 2.63. The lowest BCUT2D eigenvalue weighted by Gasteiger charge is -2.10. The maximum atomic E-state index is 12.6. The van der Waals surface area contributed by atoms with Crippen LogP contribution in [0.5, 0.6) is 0 Å². The summed E-state index contributed by atoms with van der Waals surface area (Å²) in [7, 11) is -3.48. The summed E-state index contributed by atoms with van der Waals surface area (Å²) in [4.78, 5) is 16.5. The molecule has 0 aliphatic carbocycles. The number of rotatable bonds is 4. The Kier molecular flexibility index (Phi) is 5.43. The largest absolute Gasteiger partial charge is 0.416 e. The van der Waals surface area contributed by atoms with Gasteiger partial charge in [0.05, 0.1) is 16.2 Å². The molecule has 0 spiro atoms. The van der Waals surface area contributed by atoms with Gasteiger partial charge in [-0.25, -0.2) is 8.42 Å². The van der Waals surface area contributed by atoms with Crippen LogP contribution < -0.4 is 5.32 Å². The Balaban J connectivity index is 1.80. The van der Waals surface area contributed by atoms with E-state index in [2.05, 4.69) is 10.3 Å². The van der Waals surface area contributed by atoms with Gasteiger partial charge in [-0.2, -0.15) is 13.2 Å². The molecule has 0 unspecified atom stereocenters. The Morgan fingerprint density at radius 1 is 0.966 bits per heavy atom. The van der Waals surface area contributed by atoms with Gasteiger partial charge < -0.3 is 5.32 Å². The number of halogens is 3. The average Bonchev–Trinajstić information content (AvgIpc) is 2.67. The molecule has 0 aliphatic rings. The molecule has 1 amide bonds. The van der Waals surface area contributed by atoms with E-state index in [0.29, 0.717) is 5.56 Å². The number of carbonyl (C=O) groups excluding carboxylic acids is 1. The van der Waals surface area contributed by atoms with E-state index in [1.54, 1.807) is 12.1 Å². The van der Waals surface area contributed by atoms with E-state index in [0.717, 1.165) is 18.4 Å². The maximum Gasteiger partial charge on any atom is 0.416 e. The van der Waals surface area contributed by atoms with E-state index in [4.69, 9.17) is 0 Å². The maximum absolute atomic E-state index is 12.6. The lowest BCUT2D eigenvalue weighted by molar-refractivity contribution is -0.137. The van der Waals surface area contributed by atoms with Crippen LogP contribution in [0.15, 0.2) is 71.8 Å². The number of hydrogen-bond donors (Lipinski definition) is 1. The van der Waals surface area contributed by atoms with Gasteiger partial charge >= 0.3 is 6.18 Å². The molecule has 0 saturated carbocycles. The molecule has 3 aromatic rings. The minimum absolute atomic E-state index is 0.0713. The van der Waals surface area contributed by atoms with Crippen molar-refractivity contribution in [1.29, 1.82) is 0 Å². The Hall–Kier alpha value is -3.20. The number of benzene rings is 2. The van der Waals surface area contributed by atoms with Crippen LogP contribution in [0.3, 0.4) is 0 Å². The van der Waals surface area contributed by atoms with Gasteiger partial charge in [-0.15, -0.1) is 0 Å². The highest BCUT2D eigenvalue weighted by molar-refractivity contribution is 7.90. The van der Waals surface area contributed by atoms with Crippen molar-refractivity contribution in [1.82, 2.24) is 4.98 Å². The van der Waals surface area contributed by atoms with Crippen LogP contribution in [0.25, 0.3) is 11.3 Å². The van der Waals surface area contributed by atoms with E-state index in [1.807, 2.05) is 0 Å². The number of hydrogen-bond acceptors (Lipinski definition) is 4. The number of nitrogens with one attached hydrogen (secondary N) is 1. The molecule has 5 nitrogen and oxygen atoms in total. The third-order valence-corrected chi connectivity index (χ3v) is 5.19. The topological polar surface area (TPSA) is 76.1 Å². The molecule has 29 heavy (non-hydrogen) atoms. The highest BCUT2D eigenvalue weighted by Crippen LogP contribution is 2.30. The molecule has 0 bridgehead atoms. The number of nitrogens with zero attached hydrogens (tertiary/aromatic N) is 1. The summed E-state index contributed by atoms with van der Waals surface area (Å²) in [5, 5.41) is 2.51. The molecule has 3 rings (SSSR count). The zero-order valence-corrected chi connectivity index (χ0v) is 15.9. The first-order valence-corrected chi connectivity index (χ1v) is 10.2. The van der Waals surface area contributed by atoms with E-state index in [-0.39, 0.29) is 21.8 Å². The zero-order valence-electron chi connectivity index (χ0n) is 15.1. The Morgan fingerprint density at radius 2 is 1.59 bits per heavy atom. The molecule has 1 aromatic heterocycles. The Morgan fingerprint density at radius 3 is 2.14 bits per heavy atom. The summed E-state index contributed by atoms with van der Waals surface area (Å²) in [5.74, 6) is -0.513. The number of carbonyl (C=O) groups is 1. The van der Waals surface area contributed by atoms with E-state index in [1.165, 1.54) is 42.6 Å². The molecule has 0 aliphatic heterocycles. The first-order valence-electron chi connectivity index (χ1n) is 8.30.